The van der Waals surface area contributed by atoms with Crippen LogP contribution in [0.25, 0.3) is 4.85 Å². The van der Waals surface area contributed by atoms with Gasteiger partial charge in [0, 0.05) is 30.6 Å². The average molecular weight is 456 g/mol. The third-order valence-corrected chi connectivity index (χ3v) is 7.69. The maximum absolute atomic E-state index is 9.43. The van der Waals surface area contributed by atoms with Gasteiger partial charge in [-0.05, 0) is 64.5 Å². The summed E-state index contributed by atoms with van der Waals surface area (Å²) < 4.78 is 6.29. The Hall–Kier alpha value is -2.98. The second-order valence-corrected chi connectivity index (χ2v) is 12.3. The van der Waals surface area contributed by atoms with Crippen LogP contribution in [0.2, 0.25) is 0 Å². The molecular weight excluding hydrogens is 418 g/mol. The van der Waals surface area contributed by atoms with E-state index >= 15 is 0 Å². The predicted molar refractivity (Wildman–Crippen MR) is 138 cm³/mol. The van der Waals surface area contributed by atoms with Gasteiger partial charge in [-0.15, -0.1) is 0 Å². The monoisotopic (exact) mass is 455 g/mol. The molecule has 0 unspecified atom stereocenters. The van der Waals surface area contributed by atoms with Gasteiger partial charge in [0.05, 0.1) is 12.6 Å². The number of benzene rings is 1. The van der Waals surface area contributed by atoms with Crippen LogP contribution in [0.1, 0.15) is 84.4 Å². The van der Waals surface area contributed by atoms with Crippen molar-refractivity contribution < 1.29 is 4.74 Å². The number of aryl methyl sites for hydroxylation is 1. The summed E-state index contributed by atoms with van der Waals surface area (Å²) in [4.78, 5) is 6.04. The van der Waals surface area contributed by atoms with Crippen molar-refractivity contribution >= 4 is 5.69 Å². The van der Waals surface area contributed by atoms with Gasteiger partial charge in [-0.1, -0.05) is 60.6 Å². The summed E-state index contributed by atoms with van der Waals surface area (Å²) in [6.07, 6.45) is 7.68. The Bertz CT molecular complexity index is 1130. The van der Waals surface area contributed by atoms with Gasteiger partial charge >= 0.3 is 0 Å². The van der Waals surface area contributed by atoms with Crippen molar-refractivity contribution in [1.82, 2.24) is 0 Å². The van der Waals surface area contributed by atoms with Crippen LogP contribution in [-0.2, 0) is 22.0 Å². The molecule has 0 N–H and O–H groups in total. The second-order valence-electron chi connectivity index (χ2n) is 12.3. The number of rotatable bonds is 3. The minimum Gasteiger partial charge on any atom is -0.466 e. The molecule has 4 heteroatoms. The van der Waals surface area contributed by atoms with Crippen LogP contribution in [0.5, 0.6) is 0 Å². The molecule has 4 nitrogen and oxygen atoms in total. The highest BCUT2D eigenvalue weighted by Gasteiger charge is 2.40. The van der Waals surface area contributed by atoms with Crippen LogP contribution < -0.4 is 4.90 Å². The number of hydrogen-bond acceptors (Lipinski definition) is 3. The van der Waals surface area contributed by atoms with Crippen molar-refractivity contribution in [3.63, 3.8) is 0 Å². The largest absolute Gasteiger partial charge is 0.466 e. The second kappa shape index (κ2) is 8.35. The molecule has 0 saturated heterocycles. The fraction of sp³-hybridized carbons (Fsp3) is 0.533. The standard InChI is InChI=1S/C30H37N3O/c1-28(2,3)26-18-21(25(19-31)32-8)17-22(34-26)10-9-20-15-23-27-24(16-20)30(6,7)12-14-33(27)13-11-29(23,4)5/h15-18H,9-14H2,1-7H3/b25-21-. The van der Waals surface area contributed by atoms with Crippen molar-refractivity contribution in [2.24, 2.45) is 5.41 Å². The first kappa shape index (κ1) is 24.2. The molecule has 1 aromatic rings. The topological polar surface area (TPSA) is 40.6 Å². The molecule has 3 aliphatic heterocycles. The van der Waals surface area contributed by atoms with Crippen LogP contribution in [0.3, 0.4) is 0 Å². The minimum atomic E-state index is -0.207. The number of anilines is 1. The fourth-order valence-corrected chi connectivity index (χ4v) is 5.25. The molecule has 0 saturated carbocycles. The first-order valence-electron chi connectivity index (χ1n) is 12.4. The molecule has 1 aromatic carbocycles. The van der Waals surface area contributed by atoms with E-state index in [1.165, 1.54) is 35.2 Å². The van der Waals surface area contributed by atoms with Crippen LogP contribution in [0.15, 0.2) is 47.1 Å². The number of hydrogen-bond donors (Lipinski definition) is 0. The average Bonchev–Trinajstić information content (AvgIpc) is 2.76. The summed E-state index contributed by atoms with van der Waals surface area (Å²) in [7, 11) is 0. The summed E-state index contributed by atoms with van der Waals surface area (Å²) in [5.41, 5.74) is 6.67. The summed E-state index contributed by atoms with van der Waals surface area (Å²) in [6.45, 7) is 25.5. The molecule has 0 bridgehead atoms. The van der Waals surface area contributed by atoms with Crippen LogP contribution in [0, 0.1) is 23.3 Å². The molecule has 0 spiro atoms. The summed E-state index contributed by atoms with van der Waals surface area (Å²) in [5.74, 6) is 1.63. The molecule has 0 atom stereocenters. The van der Waals surface area contributed by atoms with Gasteiger partial charge in [0.25, 0.3) is 5.70 Å². The zero-order chi connectivity index (χ0) is 24.9. The van der Waals surface area contributed by atoms with Gasteiger partial charge < -0.3 is 9.64 Å². The predicted octanol–water partition coefficient (Wildman–Crippen LogP) is 7.33. The molecule has 34 heavy (non-hydrogen) atoms. The Morgan fingerprint density at radius 2 is 1.65 bits per heavy atom. The highest BCUT2D eigenvalue weighted by molar-refractivity contribution is 5.68. The molecule has 3 heterocycles. The lowest BCUT2D eigenvalue weighted by molar-refractivity contribution is 0.205. The molecule has 0 fully saturated rings. The molecule has 178 valence electrons. The normalized spacial score (nSPS) is 21.9. The maximum Gasteiger partial charge on any atom is 0.269 e. The molecule has 0 aliphatic carbocycles. The van der Waals surface area contributed by atoms with E-state index in [0.29, 0.717) is 5.57 Å². The third-order valence-electron chi connectivity index (χ3n) is 7.69. The van der Waals surface area contributed by atoms with Gasteiger partial charge in [0.15, 0.2) is 0 Å². The van der Waals surface area contributed by atoms with E-state index in [1.807, 2.05) is 18.2 Å². The Morgan fingerprint density at radius 1 is 1.06 bits per heavy atom. The minimum absolute atomic E-state index is 0.115. The van der Waals surface area contributed by atoms with E-state index in [4.69, 9.17) is 11.3 Å². The van der Waals surface area contributed by atoms with Crippen molar-refractivity contribution in [3.05, 3.63) is 75.2 Å². The van der Waals surface area contributed by atoms with Gasteiger partial charge in [-0.2, -0.15) is 0 Å². The van der Waals surface area contributed by atoms with Crippen LogP contribution in [-0.4, -0.2) is 13.1 Å². The Labute approximate surface area is 205 Å². The molecule has 3 aliphatic rings. The Morgan fingerprint density at radius 3 is 2.15 bits per heavy atom. The quantitative estimate of drug-likeness (QED) is 0.354. The zero-order valence-corrected chi connectivity index (χ0v) is 21.8. The summed E-state index contributed by atoms with van der Waals surface area (Å²) in [5, 5.41) is 9.43. The van der Waals surface area contributed by atoms with E-state index in [0.717, 1.165) is 37.4 Å². The van der Waals surface area contributed by atoms with Gasteiger partial charge in [0.2, 0.25) is 0 Å². The van der Waals surface area contributed by atoms with Gasteiger partial charge in [-0.3, -0.25) is 0 Å². The Balaban J connectivity index is 1.69. The van der Waals surface area contributed by atoms with Gasteiger partial charge in [-0.25, -0.2) is 10.1 Å². The number of nitrogens with zero attached hydrogens (tertiary/aromatic N) is 3. The highest BCUT2D eigenvalue weighted by Crippen LogP contribution is 2.49. The number of allylic oxidation sites excluding steroid dienone is 6. The number of ether oxygens (including phenoxy) is 1. The lowest BCUT2D eigenvalue weighted by Crippen LogP contribution is -2.44. The zero-order valence-electron chi connectivity index (χ0n) is 21.8. The van der Waals surface area contributed by atoms with Crippen LogP contribution >= 0.6 is 0 Å². The SMILES string of the molecule is [C-]#[N+]/C(C#N)=C1/C=C(CCc2cc3c4c(c2)C(C)(C)CCN4CCC3(C)C)OC(C(C)(C)C)=C1. The van der Waals surface area contributed by atoms with E-state index in [9.17, 15) is 5.26 Å². The van der Waals surface area contributed by atoms with Crippen molar-refractivity contribution in [2.45, 2.75) is 85.0 Å². The third kappa shape index (κ3) is 4.39. The maximum atomic E-state index is 9.43. The van der Waals surface area contributed by atoms with E-state index in [2.05, 4.69) is 70.3 Å². The van der Waals surface area contributed by atoms with Gasteiger partial charge in [0.1, 0.15) is 11.5 Å². The first-order valence-corrected chi connectivity index (χ1v) is 12.4. The van der Waals surface area contributed by atoms with E-state index in [1.54, 1.807) is 0 Å². The molecular formula is C30H37N3O. The van der Waals surface area contributed by atoms with E-state index in [-0.39, 0.29) is 21.9 Å². The van der Waals surface area contributed by atoms with Crippen molar-refractivity contribution in [3.8, 4) is 6.07 Å². The Kier molecular flexibility index (Phi) is 5.93. The summed E-state index contributed by atoms with van der Waals surface area (Å²) in [6, 6.07) is 6.89. The first-order chi connectivity index (χ1) is 15.9. The molecule has 0 radical (unpaired) electrons. The molecule has 4 rings (SSSR count). The van der Waals surface area contributed by atoms with Crippen molar-refractivity contribution in [2.75, 3.05) is 18.0 Å². The van der Waals surface area contributed by atoms with Crippen LogP contribution in [0.4, 0.5) is 5.69 Å². The lowest BCUT2D eigenvalue weighted by Gasteiger charge is -2.48. The lowest BCUT2D eigenvalue weighted by atomic mass is 9.69. The molecule has 0 amide bonds. The van der Waals surface area contributed by atoms with E-state index < -0.39 is 0 Å². The van der Waals surface area contributed by atoms with Crippen molar-refractivity contribution in [1.29, 1.82) is 5.26 Å². The fourth-order valence-electron chi connectivity index (χ4n) is 5.25. The smallest absolute Gasteiger partial charge is 0.269 e. The molecule has 0 aromatic heterocycles. The number of nitriles is 1. The summed E-state index contributed by atoms with van der Waals surface area (Å²) >= 11 is 0. The highest BCUT2D eigenvalue weighted by atomic mass is 16.5.